The molecule has 1 aliphatic rings. The molecule has 5 rings (SSSR count). The first kappa shape index (κ1) is 25.6. The fourth-order valence-corrected chi connectivity index (χ4v) is 7.20. The van der Waals surface area contributed by atoms with Crippen LogP contribution < -0.4 is 10.5 Å². The molecule has 3 heterocycles. The molecule has 0 radical (unpaired) electrons. The van der Waals surface area contributed by atoms with Gasteiger partial charge in [0.25, 0.3) is 0 Å². The Hall–Kier alpha value is -3.07. The SMILES string of the molecule is CC(O)(CC#N)c1ccnc(-c2cccc3cc(C(NS(=O)(=O)C4CC4)c4nc(N)ccc4Cl)sc23)c1. The van der Waals surface area contributed by atoms with E-state index in [2.05, 4.69) is 14.7 Å². The molecule has 11 heteroatoms. The van der Waals surface area contributed by atoms with Crippen molar-refractivity contribution in [1.29, 1.82) is 5.26 Å². The third-order valence-corrected chi connectivity index (χ3v) is 9.82. The van der Waals surface area contributed by atoms with Gasteiger partial charge in [0.05, 0.1) is 45.8 Å². The molecule has 4 N–H and O–H groups in total. The van der Waals surface area contributed by atoms with Crippen molar-refractivity contribution in [3.63, 3.8) is 0 Å². The van der Waals surface area contributed by atoms with Crippen molar-refractivity contribution in [3.8, 4) is 17.3 Å². The minimum absolute atomic E-state index is 0.0550. The molecule has 0 amide bonds. The Morgan fingerprint density at radius 3 is 2.81 bits per heavy atom. The molecule has 1 aliphatic carbocycles. The summed E-state index contributed by atoms with van der Waals surface area (Å²) in [5, 5.41) is 20.6. The molecule has 8 nitrogen and oxygen atoms in total. The van der Waals surface area contributed by atoms with E-state index >= 15 is 0 Å². The summed E-state index contributed by atoms with van der Waals surface area (Å²) in [7, 11) is -3.59. The van der Waals surface area contributed by atoms with E-state index in [-0.39, 0.29) is 12.2 Å². The van der Waals surface area contributed by atoms with Crippen molar-refractivity contribution in [2.45, 2.75) is 43.1 Å². The fraction of sp³-hybridized carbons (Fsp3) is 0.269. The van der Waals surface area contributed by atoms with E-state index in [0.717, 1.165) is 15.6 Å². The lowest BCUT2D eigenvalue weighted by atomic mass is 9.92. The number of sulfonamides is 1. The summed E-state index contributed by atoms with van der Waals surface area (Å²) < 4.78 is 29.6. The second-order valence-electron chi connectivity index (χ2n) is 9.31. The summed E-state index contributed by atoms with van der Waals surface area (Å²) >= 11 is 7.88. The number of aromatic nitrogens is 2. The molecule has 1 saturated carbocycles. The summed E-state index contributed by atoms with van der Waals surface area (Å²) in [6.45, 7) is 1.60. The molecular weight excluding hydrogens is 530 g/mol. The summed E-state index contributed by atoms with van der Waals surface area (Å²) in [4.78, 5) is 9.60. The van der Waals surface area contributed by atoms with E-state index in [1.165, 1.54) is 11.3 Å². The van der Waals surface area contributed by atoms with Crippen LogP contribution in [0.2, 0.25) is 5.02 Å². The van der Waals surface area contributed by atoms with Crippen LogP contribution in [0.5, 0.6) is 0 Å². The number of benzene rings is 1. The van der Waals surface area contributed by atoms with Crippen molar-refractivity contribution in [1.82, 2.24) is 14.7 Å². The molecule has 0 aliphatic heterocycles. The van der Waals surface area contributed by atoms with Crippen LogP contribution in [0, 0.1) is 11.3 Å². The zero-order valence-corrected chi connectivity index (χ0v) is 22.2. The lowest BCUT2D eigenvalue weighted by Crippen LogP contribution is -2.32. The number of hydrogen-bond donors (Lipinski definition) is 3. The quantitative estimate of drug-likeness (QED) is 0.282. The number of halogens is 1. The minimum Gasteiger partial charge on any atom is -0.384 e. The van der Waals surface area contributed by atoms with Gasteiger partial charge in [-0.15, -0.1) is 11.3 Å². The van der Waals surface area contributed by atoms with Crippen LogP contribution in [0.25, 0.3) is 21.3 Å². The van der Waals surface area contributed by atoms with E-state index in [1.54, 1.807) is 37.4 Å². The number of nitriles is 1. The van der Waals surface area contributed by atoms with Gasteiger partial charge in [0.1, 0.15) is 5.82 Å². The molecule has 190 valence electrons. The van der Waals surface area contributed by atoms with Gasteiger partial charge in [-0.1, -0.05) is 29.8 Å². The van der Waals surface area contributed by atoms with Crippen LogP contribution in [0.3, 0.4) is 0 Å². The zero-order valence-electron chi connectivity index (χ0n) is 19.8. The van der Waals surface area contributed by atoms with E-state index in [9.17, 15) is 13.5 Å². The minimum atomic E-state index is -3.59. The maximum Gasteiger partial charge on any atom is 0.215 e. The van der Waals surface area contributed by atoms with Crippen LogP contribution in [0.4, 0.5) is 5.82 Å². The summed E-state index contributed by atoms with van der Waals surface area (Å²) in [5.74, 6) is 0.238. The maximum atomic E-state index is 13.0. The summed E-state index contributed by atoms with van der Waals surface area (Å²) in [6, 6.07) is 15.5. The van der Waals surface area contributed by atoms with Gasteiger partial charge in [0, 0.05) is 21.3 Å². The van der Waals surface area contributed by atoms with Crippen molar-refractivity contribution < 1.29 is 13.5 Å². The number of nitrogen functional groups attached to an aromatic ring is 1. The Kier molecular flexibility index (Phi) is 6.68. The number of hydrogen-bond acceptors (Lipinski definition) is 8. The predicted octanol–water partition coefficient (Wildman–Crippen LogP) is 4.89. The summed E-state index contributed by atoms with van der Waals surface area (Å²) in [5.41, 5.74) is 6.99. The number of pyridine rings is 2. The number of thiophene rings is 1. The zero-order chi connectivity index (χ0) is 26.4. The van der Waals surface area contributed by atoms with Crippen molar-refractivity contribution in [3.05, 3.63) is 75.9 Å². The Balaban J connectivity index is 1.63. The third-order valence-electron chi connectivity index (χ3n) is 6.34. The Morgan fingerprint density at radius 2 is 2.08 bits per heavy atom. The molecule has 3 aromatic heterocycles. The van der Waals surface area contributed by atoms with Crippen LogP contribution in [0.15, 0.2) is 54.7 Å². The van der Waals surface area contributed by atoms with E-state index in [0.29, 0.717) is 39.7 Å². The predicted molar refractivity (Wildman–Crippen MR) is 145 cm³/mol. The van der Waals surface area contributed by atoms with Crippen molar-refractivity contribution in [2.75, 3.05) is 5.73 Å². The fourth-order valence-electron chi connectivity index (χ4n) is 4.16. The largest absolute Gasteiger partial charge is 0.384 e. The highest BCUT2D eigenvalue weighted by Gasteiger charge is 2.38. The van der Waals surface area contributed by atoms with Gasteiger partial charge >= 0.3 is 0 Å². The number of nitrogens with zero attached hydrogens (tertiary/aromatic N) is 3. The van der Waals surface area contributed by atoms with Gasteiger partial charge in [-0.3, -0.25) is 4.98 Å². The smallest absolute Gasteiger partial charge is 0.215 e. The highest BCUT2D eigenvalue weighted by atomic mass is 35.5. The van der Waals surface area contributed by atoms with Gasteiger partial charge in [0.15, 0.2) is 0 Å². The molecule has 0 saturated heterocycles. The normalized spacial score (nSPS) is 16.3. The number of rotatable bonds is 8. The molecule has 0 spiro atoms. The second kappa shape index (κ2) is 9.67. The number of aliphatic hydroxyl groups is 1. The first-order valence-corrected chi connectivity index (χ1v) is 14.3. The molecular formula is C26H24ClN5O3S2. The maximum absolute atomic E-state index is 13.0. The van der Waals surface area contributed by atoms with Crippen LogP contribution in [0.1, 0.15) is 48.4 Å². The van der Waals surface area contributed by atoms with Gasteiger partial charge < -0.3 is 10.8 Å². The Morgan fingerprint density at radius 1 is 1.30 bits per heavy atom. The standard InChI is InChI=1S/C26H24ClN5O3S2/c1-26(33,10-11-28)16-9-12-30-20(14-16)18-4-2-3-15-13-21(36-25(15)18)24(32-37(34,35)17-5-6-17)23-19(27)7-8-22(29)31-23/h2-4,7-9,12-14,17,24,32-33H,5-6,10H2,1H3,(H2,29,31). The first-order chi connectivity index (χ1) is 17.6. The van der Waals surface area contributed by atoms with E-state index in [1.807, 2.05) is 30.3 Å². The monoisotopic (exact) mass is 553 g/mol. The Labute approximate surface area is 223 Å². The second-order valence-corrected chi connectivity index (χ2v) is 12.8. The topological polar surface area (TPSA) is 142 Å². The molecule has 4 aromatic rings. The van der Waals surface area contributed by atoms with Gasteiger partial charge in [-0.2, -0.15) is 5.26 Å². The highest BCUT2D eigenvalue weighted by Crippen LogP contribution is 2.41. The van der Waals surface area contributed by atoms with Crippen LogP contribution in [-0.4, -0.2) is 28.7 Å². The van der Waals surface area contributed by atoms with Gasteiger partial charge in [0.2, 0.25) is 10.0 Å². The van der Waals surface area contributed by atoms with Crippen LogP contribution in [-0.2, 0) is 15.6 Å². The summed E-state index contributed by atoms with van der Waals surface area (Å²) in [6.07, 6.45) is 2.79. The van der Waals surface area contributed by atoms with E-state index < -0.39 is 26.9 Å². The average molecular weight is 554 g/mol. The van der Waals surface area contributed by atoms with Crippen molar-refractivity contribution >= 4 is 48.9 Å². The third kappa shape index (κ3) is 5.19. The van der Waals surface area contributed by atoms with Crippen LogP contribution >= 0.6 is 22.9 Å². The molecule has 2 unspecified atom stereocenters. The molecule has 0 bridgehead atoms. The first-order valence-electron chi connectivity index (χ1n) is 11.6. The Bertz CT molecular complexity index is 1640. The molecule has 37 heavy (non-hydrogen) atoms. The number of nitrogens with two attached hydrogens (primary N) is 1. The van der Waals surface area contributed by atoms with Gasteiger partial charge in [-0.25, -0.2) is 18.1 Å². The number of anilines is 1. The lowest BCUT2D eigenvalue weighted by Gasteiger charge is -2.20. The highest BCUT2D eigenvalue weighted by molar-refractivity contribution is 7.90. The number of fused-ring (bicyclic) bond motifs is 1. The molecule has 1 fully saturated rings. The molecule has 1 aromatic carbocycles. The number of nitrogens with one attached hydrogen (secondary N) is 1. The van der Waals surface area contributed by atoms with Crippen molar-refractivity contribution in [2.24, 2.45) is 0 Å². The van der Waals surface area contributed by atoms with E-state index in [4.69, 9.17) is 22.6 Å². The van der Waals surface area contributed by atoms with Gasteiger partial charge in [-0.05, 0) is 61.0 Å². The lowest BCUT2D eigenvalue weighted by molar-refractivity contribution is 0.0624. The molecule has 2 atom stereocenters. The average Bonchev–Trinajstić information content (AvgIpc) is 3.64.